The first-order chi connectivity index (χ1) is 13.5. The van der Waals surface area contributed by atoms with Crippen molar-refractivity contribution in [2.24, 2.45) is 0 Å². The van der Waals surface area contributed by atoms with Gasteiger partial charge in [0.05, 0.1) is 12.0 Å². The van der Waals surface area contributed by atoms with Crippen molar-refractivity contribution < 1.29 is 24.0 Å². The number of hydrogen-bond donors (Lipinski definition) is 0. The van der Waals surface area contributed by atoms with E-state index < -0.39 is 17.0 Å². The third-order valence-corrected chi connectivity index (χ3v) is 4.58. The fourth-order valence-electron chi connectivity index (χ4n) is 3.13. The van der Waals surface area contributed by atoms with Gasteiger partial charge in [-0.3, -0.25) is 14.9 Å². The summed E-state index contributed by atoms with van der Waals surface area (Å²) in [6.07, 6.45) is 0.676. The summed E-state index contributed by atoms with van der Waals surface area (Å²) in [5.74, 6) is -1.03. The van der Waals surface area contributed by atoms with Crippen molar-refractivity contribution in [3.8, 4) is 5.75 Å². The van der Waals surface area contributed by atoms with Gasteiger partial charge in [-0.2, -0.15) is 0 Å². The summed E-state index contributed by atoms with van der Waals surface area (Å²) in [6.45, 7) is 1.22. The number of nitro benzene ring substituents is 1. The number of esters is 1. The van der Waals surface area contributed by atoms with Crippen LogP contribution in [0.5, 0.6) is 5.75 Å². The first kappa shape index (κ1) is 19.3. The Morgan fingerprint density at radius 2 is 1.79 bits per heavy atom. The summed E-state index contributed by atoms with van der Waals surface area (Å²) < 4.78 is 10.7. The number of carbonyl (C=O) groups is 2. The topological polar surface area (TPSA) is 99.0 Å². The van der Waals surface area contributed by atoms with Crippen molar-refractivity contribution in [1.29, 1.82) is 0 Å². The van der Waals surface area contributed by atoms with Gasteiger partial charge in [-0.05, 0) is 18.9 Å². The minimum absolute atomic E-state index is 0.105. The standard InChI is InChI=1S/C20H20N2O6/c1-27-17-10-9-15(22(25)26)13-16(17)20(24)28-18(14-7-3-2-4-8-14)19(23)21-11-5-6-12-21/h2-4,7-10,13,18H,5-6,11-12H2,1H3. The number of nitrogens with zero attached hydrogens (tertiary/aromatic N) is 2. The van der Waals surface area contributed by atoms with Crippen LogP contribution in [0.3, 0.4) is 0 Å². The van der Waals surface area contributed by atoms with E-state index in [0.29, 0.717) is 18.7 Å². The molecule has 8 heteroatoms. The smallest absolute Gasteiger partial charge is 0.343 e. The van der Waals surface area contributed by atoms with E-state index in [1.54, 1.807) is 35.2 Å². The molecule has 1 fully saturated rings. The molecule has 2 aromatic rings. The van der Waals surface area contributed by atoms with Crippen LogP contribution in [-0.2, 0) is 9.53 Å². The monoisotopic (exact) mass is 384 g/mol. The van der Waals surface area contributed by atoms with Gasteiger partial charge in [0.2, 0.25) is 6.10 Å². The van der Waals surface area contributed by atoms with E-state index >= 15 is 0 Å². The van der Waals surface area contributed by atoms with E-state index in [4.69, 9.17) is 9.47 Å². The van der Waals surface area contributed by atoms with Crippen LogP contribution in [0.15, 0.2) is 48.5 Å². The number of amides is 1. The molecule has 1 atom stereocenters. The van der Waals surface area contributed by atoms with Crippen molar-refractivity contribution in [3.05, 3.63) is 69.8 Å². The molecule has 1 unspecified atom stereocenters. The van der Waals surface area contributed by atoms with Crippen molar-refractivity contribution in [2.75, 3.05) is 20.2 Å². The molecule has 0 N–H and O–H groups in total. The lowest BCUT2D eigenvalue weighted by Crippen LogP contribution is -2.35. The Kier molecular flexibility index (Phi) is 5.88. The Labute approximate surface area is 161 Å². The largest absolute Gasteiger partial charge is 0.496 e. The molecule has 0 radical (unpaired) electrons. The Balaban J connectivity index is 1.92. The van der Waals surface area contributed by atoms with Crippen molar-refractivity contribution in [1.82, 2.24) is 4.90 Å². The third kappa shape index (κ3) is 4.11. The maximum atomic E-state index is 13.0. The maximum absolute atomic E-state index is 13.0. The molecule has 146 valence electrons. The van der Waals surface area contributed by atoms with E-state index in [9.17, 15) is 19.7 Å². The number of hydrogen-bond acceptors (Lipinski definition) is 6. The van der Waals surface area contributed by atoms with Gasteiger partial charge in [0.15, 0.2) is 0 Å². The van der Waals surface area contributed by atoms with Crippen LogP contribution in [0.2, 0.25) is 0 Å². The normalized spacial score (nSPS) is 14.4. The average Bonchev–Trinajstić information content (AvgIpc) is 3.26. The summed E-state index contributed by atoms with van der Waals surface area (Å²) in [5.41, 5.74) is 0.166. The zero-order chi connectivity index (χ0) is 20.1. The van der Waals surface area contributed by atoms with E-state index in [-0.39, 0.29) is 22.9 Å². The zero-order valence-corrected chi connectivity index (χ0v) is 15.4. The molecule has 3 rings (SSSR count). The molecule has 0 aliphatic carbocycles. The lowest BCUT2D eigenvalue weighted by Gasteiger charge is -2.23. The van der Waals surface area contributed by atoms with Gasteiger partial charge in [0.25, 0.3) is 11.6 Å². The molecule has 28 heavy (non-hydrogen) atoms. The van der Waals surface area contributed by atoms with Crippen LogP contribution in [0.1, 0.15) is 34.9 Å². The molecule has 1 saturated heterocycles. The number of carbonyl (C=O) groups excluding carboxylic acids is 2. The predicted octanol–water partition coefficient (Wildman–Crippen LogP) is 3.12. The van der Waals surface area contributed by atoms with Crippen LogP contribution in [0.4, 0.5) is 5.69 Å². The molecule has 0 spiro atoms. The SMILES string of the molecule is COc1ccc([N+](=O)[O-])cc1C(=O)OC(C(=O)N1CCCC1)c1ccccc1. The Morgan fingerprint density at radius 3 is 2.39 bits per heavy atom. The van der Waals surface area contributed by atoms with Gasteiger partial charge in [0.1, 0.15) is 11.3 Å². The lowest BCUT2D eigenvalue weighted by molar-refractivity contribution is -0.384. The number of ether oxygens (including phenoxy) is 2. The van der Waals surface area contributed by atoms with Crippen molar-refractivity contribution in [2.45, 2.75) is 18.9 Å². The molecule has 0 bridgehead atoms. The van der Waals surface area contributed by atoms with Gasteiger partial charge in [-0.1, -0.05) is 30.3 Å². The van der Waals surface area contributed by atoms with Crippen LogP contribution in [0.25, 0.3) is 0 Å². The molecule has 1 amide bonds. The van der Waals surface area contributed by atoms with Gasteiger partial charge in [-0.25, -0.2) is 4.79 Å². The molecular weight excluding hydrogens is 364 g/mol. The second-order valence-electron chi connectivity index (χ2n) is 6.37. The molecule has 8 nitrogen and oxygen atoms in total. The third-order valence-electron chi connectivity index (χ3n) is 4.58. The van der Waals surface area contributed by atoms with Crippen LogP contribution in [-0.4, -0.2) is 41.9 Å². The Hall–Kier alpha value is -3.42. The first-order valence-corrected chi connectivity index (χ1v) is 8.88. The number of benzene rings is 2. The highest BCUT2D eigenvalue weighted by molar-refractivity contribution is 5.95. The highest BCUT2D eigenvalue weighted by atomic mass is 16.6. The summed E-state index contributed by atoms with van der Waals surface area (Å²) in [5, 5.41) is 11.1. The molecule has 2 aromatic carbocycles. The second kappa shape index (κ2) is 8.51. The predicted molar refractivity (Wildman–Crippen MR) is 100 cm³/mol. The summed E-state index contributed by atoms with van der Waals surface area (Å²) >= 11 is 0. The van der Waals surface area contributed by atoms with Crippen molar-refractivity contribution >= 4 is 17.6 Å². The van der Waals surface area contributed by atoms with Crippen LogP contribution in [0, 0.1) is 10.1 Å². The fourth-order valence-corrected chi connectivity index (χ4v) is 3.13. The van der Waals surface area contributed by atoms with Crippen molar-refractivity contribution in [3.63, 3.8) is 0 Å². The minimum Gasteiger partial charge on any atom is -0.496 e. The summed E-state index contributed by atoms with van der Waals surface area (Å²) in [7, 11) is 1.35. The minimum atomic E-state index is -1.13. The summed E-state index contributed by atoms with van der Waals surface area (Å²) in [6, 6.07) is 12.4. The lowest BCUT2D eigenvalue weighted by atomic mass is 10.1. The summed E-state index contributed by atoms with van der Waals surface area (Å²) in [4.78, 5) is 37.9. The van der Waals surface area contributed by atoms with E-state index in [1.165, 1.54) is 19.2 Å². The van der Waals surface area contributed by atoms with Gasteiger partial charge >= 0.3 is 5.97 Å². The van der Waals surface area contributed by atoms with E-state index in [2.05, 4.69) is 0 Å². The van der Waals surface area contributed by atoms with Gasteiger partial charge in [-0.15, -0.1) is 0 Å². The average molecular weight is 384 g/mol. The van der Waals surface area contributed by atoms with E-state index in [1.807, 2.05) is 0 Å². The molecule has 0 aromatic heterocycles. The molecule has 1 heterocycles. The number of nitro groups is 1. The van der Waals surface area contributed by atoms with Crippen LogP contribution >= 0.6 is 0 Å². The number of non-ortho nitro benzene ring substituents is 1. The highest BCUT2D eigenvalue weighted by Gasteiger charge is 2.32. The van der Waals surface area contributed by atoms with Gasteiger partial charge in [0, 0.05) is 30.8 Å². The second-order valence-corrected chi connectivity index (χ2v) is 6.37. The van der Waals surface area contributed by atoms with Gasteiger partial charge < -0.3 is 14.4 Å². The Morgan fingerprint density at radius 1 is 1.11 bits per heavy atom. The first-order valence-electron chi connectivity index (χ1n) is 8.88. The fraction of sp³-hybridized carbons (Fsp3) is 0.300. The molecule has 1 aliphatic rings. The molecule has 1 aliphatic heterocycles. The Bertz CT molecular complexity index is 878. The number of rotatable bonds is 6. The highest BCUT2D eigenvalue weighted by Crippen LogP contribution is 2.29. The molecule has 0 saturated carbocycles. The number of likely N-dealkylation sites (tertiary alicyclic amines) is 1. The van der Waals surface area contributed by atoms with E-state index in [0.717, 1.165) is 18.9 Å². The van der Waals surface area contributed by atoms with Crippen LogP contribution < -0.4 is 4.74 Å². The molecular formula is C20H20N2O6. The maximum Gasteiger partial charge on any atom is 0.343 e. The quantitative estimate of drug-likeness (QED) is 0.431. The number of methoxy groups -OCH3 is 1. The zero-order valence-electron chi connectivity index (χ0n) is 15.4.